The molecule has 0 spiro atoms. The van der Waals surface area contributed by atoms with Crippen LogP contribution in [-0.4, -0.2) is 33.7 Å². The number of fused-ring (bicyclic) bond motifs is 1. The lowest BCUT2D eigenvalue weighted by molar-refractivity contribution is 0.0610. The molecule has 7 heteroatoms. The molecule has 0 radical (unpaired) electrons. The number of amides is 1. The van der Waals surface area contributed by atoms with Gasteiger partial charge in [0.2, 0.25) is 0 Å². The van der Waals surface area contributed by atoms with E-state index in [-0.39, 0.29) is 5.91 Å². The quantitative estimate of drug-likeness (QED) is 0.795. The van der Waals surface area contributed by atoms with Gasteiger partial charge in [0.25, 0.3) is 5.91 Å². The first-order valence-corrected chi connectivity index (χ1v) is 8.92. The van der Waals surface area contributed by atoms with Crippen molar-refractivity contribution in [1.82, 2.24) is 14.5 Å². The predicted octanol–water partition coefficient (Wildman–Crippen LogP) is 2.59. The summed E-state index contributed by atoms with van der Waals surface area (Å²) in [6.45, 7) is 2.53. The summed E-state index contributed by atoms with van der Waals surface area (Å²) >= 11 is 1.49. The lowest BCUT2D eigenvalue weighted by Crippen LogP contribution is -2.25. The molecule has 3 aromatic heterocycles. The summed E-state index contributed by atoms with van der Waals surface area (Å²) in [6.07, 6.45) is 7.50. The third kappa shape index (κ3) is 3.05. The second-order valence-corrected chi connectivity index (χ2v) is 6.79. The normalized spacial score (nSPS) is 16.8. The maximum Gasteiger partial charge on any atom is 0.281 e. The second kappa shape index (κ2) is 6.70. The molecule has 1 N–H and O–H groups in total. The van der Waals surface area contributed by atoms with Crippen LogP contribution in [0.1, 0.15) is 23.2 Å². The molecule has 0 saturated carbocycles. The number of carbonyl (C=O) groups is 1. The molecule has 0 bridgehead atoms. The Hall–Kier alpha value is -2.25. The summed E-state index contributed by atoms with van der Waals surface area (Å²) in [7, 11) is 0. The first-order chi connectivity index (χ1) is 11.8. The number of H-pyrrole nitrogens is 1. The lowest BCUT2D eigenvalue weighted by atomic mass is 10.0. The Balaban J connectivity index is 1.61. The van der Waals surface area contributed by atoms with E-state index in [9.17, 15) is 4.79 Å². The minimum atomic E-state index is -0.238. The number of hydrogen-bond acceptors (Lipinski definition) is 4. The van der Waals surface area contributed by atoms with Crippen LogP contribution in [0.3, 0.4) is 0 Å². The maximum atomic E-state index is 12.6. The van der Waals surface area contributed by atoms with Crippen LogP contribution in [-0.2, 0) is 11.3 Å². The third-order valence-corrected chi connectivity index (χ3v) is 5.13. The highest BCUT2D eigenvalue weighted by Crippen LogP contribution is 2.17. The minimum absolute atomic E-state index is 0.238. The topological polar surface area (TPSA) is 72.3 Å². The smallest absolute Gasteiger partial charge is 0.281 e. The zero-order chi connectivity index (χ0) is 16.4. The van der Waals surface area contributed by atoms with Crippen molar-refractivity contribution >= 4 is 28.3 Å². The first-order valence-electron chi connectivity index (χ1n) is 8.04. The van der Waals surface area contributed by atoms with Crippen molar-refractivity contribution in [2.75, 3.05) is 13.2 Å². The SMILES string of the molecule is O=C(N=c1sccn1CC1CCOCC1)c1c[nH]c2ncccc12. The Bertz CT molecular complexity index is 918. The van der Waals surface area contributed by atoms with Gasteiger partial charge < -0.3 is 14.3 Å². The molecule has 0 unspecified atom stereocenters. The van der Waals surface area contributed by atoms with Crippen molar-refractivity contribution in [1.29, 1.82) is 0 Å². The molecule has 1 amide bonds. The molecule has 1 fully saturated rings. The van der Waals surface area contributed by atoms with E-state index in [1.165, 1.54) is 11.3 Å². The molecule has 0 atom stereocenters. The van der Waals surface area contributed by atoms with Crippen LogP contribution in [0, 0.1) is 5.92 Å². The van der Waals surface area contributed by atoms with Gasteiger partial charge in [-0.1, -0.05) is 0 Å². The standard InChI is InChI=1S/C17H18N4O2S/c22-16(14-10-19-15-13(14)2-1-5-18-15)20-17-21(6-9-24-17)11-12-3-7-23-8-4-12/h1-2,5-6,9-10,12H,3-4,7-8,11H2,(H,18,19). The highest BCUT2D eigenvalue weighted by molar-refractivity contribution is 7.07. The number of rotatable bonds is 3. The van der Waals surface area contributed by atoms with Crippen molar-refractivity contribution in [3.05, 3.63) is 46.5 Å². The first kappa shape index (κ1) is 15.3. The number of nitrogens with one attached hydrogen (secondary N) is 1. The van der Waals surface area contributed by atoms with E-state index < -0.39 is 0 Å². The van der Waals surface area contributed by atoms with Gasteiger partial charge in [0.05, 0.1) is 5.56 Å². The molecule has 4 rings (SSSR count). The van der Waals surface area contributed by atoms with Gasteiger partial charge >= 0.3 is 0 Å². The van der Waals surface area contributed by atoms with Crippen LogP contribution in [0.2, 0.25) is 0 Å². The fourth-order valence-electron chi connectivity index (χ4n) is 3.01. The largest absolute Gasteiger partial charge is 0.381 e. The van der Waals surface area contributed by atoms with Crippen molar-refractivity contribution in [2.24, 2.45) is 10.9 Å². The van der Waals surface area contributed by atoms with Crippen molar-refractivity contribution in [3.63, 3.8) is 0 Å². The summed E-state index contributed by atoms with van der Waals surface area (Å²) in [4.78, 5) is 24.9. The molecule has 6 nitrogen and oxygen atoms in total. The molecule has 124 valence electrons. The Labute approximate surface area is 142 Å². The molecule has 24 heavy (non-hydrogen) atoms. The zero-order valence-corrected chi connectivity index (χ0v) is 14.0. The number of nitrogens with zero attached hydrogens (tertiary/aromatic N) is 3. The number of ether oxygens (including phenoxy) is 1. The van der Waals surface area contributed by atoms with Crippen molar-refractivity contribution in [2.45, 2.75) is 19.4 Å². The molecule has 1 aliphatic heterocycles. The summed E-state index contributed by atoms with van der Waals surface area (Å²) in [6, 6.07) is 3.70. The van der Waals surface area contributed by atoms with Crippen LogP contribution in [0.25, 0.3) is 11.0 Å². The second-order valence-electron chi connectivity index (χ2n) is 5.91. The molecule has 3 aromatic rings. The van der Waals surface area contributed by atoms with Crippen molar-refractivity contribution < 1.29 is 9.53 Å². The van der Waals surface area contributed by atoms with E-state index in [1.807, 2.05) is 23.7 Å². The van der Waals surface area contributed by atoms with Gasteiger partial charge in [0, 0.05) is 49.1 Å². The van der Waals surface area contributed by atoms with Crippen LogP contribution in [0.5, 0.6) is 0 Å². The van der Waals surface area contributed by atoms with E-state index in [0.717, 1.165) is 42.8 Å². The highest BCUT2D eigenvalue weighted by Gasteiger charge is 2.16. The van der Waals surface area contributed by atoms with E-state index in [4.69, 9.17) is 4.74 Å². The fourth-order valence-corrected chi connectivity index (χ4v) is 3.75. The predicted molar refractivity (Wildman–Crippen MR) is 91.8 cm³/mol. The summed E-state index contributed by atoms with van der Waals surface area (Å²) in [5.41, 5.74) is 1.27. The van der Waals surface area contributed by atoms with Crippen LogP contribution in [0.15, 0.2) is 41.1 Å². The number of aromatic amines is 1. The van der Waals surface area contributed by atoms with E-state index in [1.54, 1.807) is 12.4 Å². The van der Waals surface area contributed by atoms with Gasteiger partial charge in [-0.2, -0.15) is 4.99 Å². The highest BCUT2D eigenvalue weighted by atomic mass is 32.1. The molecular weight excluding hydrogens is 324 g/mol. The Morgan fingerprint density at radius 1 is 1.46 bits per heavy atom. The maximum absolute atomic E-state index is 12.6. The molecule has 4 heterocycles. The average Bonchev–Trinajstić information content (AvgIpc) is 3.23. The Morgan fingerprint density at radius 3 is 3.21 bits per heavy atom. The van der Waals surface area contributed by atoms with Gasteiger partial charge in [0.15, 0.2) is 4.80 Å². The number of aromatic nitrogens is 3. The van der Waals surface area contributed by atoms with Gasteiger partial charge in [-0.25, -0.2) is 4.98 Å². The number of thiazole rings is 1. The molecule has 1 saturated heterocycles. The van der Waals surface area contributed by atoms with E-state index >= 15 is 0 Å². The van der Waals surface area contributed by atoms with Crippen LogP contribution >= 0.6 is 11.3 Å². The molecular formula is C17H18N4O2S. The Morgan fingerprint density at radius 2 is 2.33 bits per heavy atom. The number of pyridine rings is 1. The lowest BCUT2D eigenvalue weighted by Gasteiger charge is -2.22. The summed E-state index contributed by atoms with van der Waals surface area (Å²) in [5, 5.41) is 2.78. The van der Waals surface area contributed by atoms with Crippen LogP contribution in [0.4, 0.5) is 0 Å². The molecule has 0 aliphatic carbocycles. The Kier molecular flexibility index (Phi) is 4.27. The van der Waals surface area contributed by atoms with Gasteiger partial charge in [0.1, 0.15) is 5.65 Å². The number of hydrogen-bond donors (Lipinski definition) is 1. The third-order valence-electron chi connectivity index (χ3n) is 4.33. The van der Waals surface area contributed by atoms with E-state index in [0.29, 0.717) is 17.1 Å². The van der Waals surface area contributed by atoms with Crippen LogP contribution < -0.4 is 4.80 Å². The number of carbonyl (C=O) groups excluding carboxylic acids is 1. The zero-order valence-electron chi connectivity index (χ0n) is 13.1. The monoisotopic (exact) mass is 342 g/mol. The van der Waals surface area contributed by atoms with Crippen molar-refractivity contribution in [3.8, 4) is 0 Å². The average molecular weight is 342 g/mol. The minimum Gasteiger partial charge on any atom is -0.381 e. The van der Waals surface area contributed by atoms with E-state index in [2.05, 4.69) is 19.5 Å². The van der Waals surface area contributed by atoms with Gasteiger partial charge in [-0.3, -0.25) is 4.79 Å². The summed E-state index contributed by atoms with van der Waals surface area (Å²) < 4.78 is 7.48. The molecule has 1 aliphatic rings. The fraction of sp³-hybridized carbons (Fsp3) is 0.353. The van der Waals surface area contributed by atoms with Gasteiger partial charge in [-0.15, -0.1) is 11.3 Å². The summed E-state index contributed by atoms with van der Waals surface area (Å²) in [5.74, 6) is 0.345. The molecule has 0 aromatic carbocycles. The van der Waals surface area contributed by atoms with Gasteiger partial charge in [-0.05, 0) is 30.9 Å².